The normalized spacial score (nSPS) is 12.2. The predicted molar refractivity (Wildman–Crippen MR) is 87.7 cm³/mol. The van der Waals surface area contributed by atoms with E-state index >= 15 is 0 Å². The maximum absolute atomic E-state index is 12.2. The molecular formula is C16H21N3OS. The average Bonchev–Trinajstić information content (AvgIpc) is 2.82. The molecule has 1 aromatic carbocycles. The monoisotopic (exact) mass is 303 g/mol. The molecule has 0 fully saturated rings. The van der Waals surface area contributed by atoms with Gasteiger partial charge < -0.3 is 11.1 Å². The minimum atomic E-state index is -0.0894. The number of nitrogens with one attached hydrogen (secondary N) is 1. The van der Waals surface area contributed by atoms with Crippen LogP contribution in [0.1, 0.15) is 40.4 Å². The third kappa shape index (κ3) is 3.89. The molecule has 21 heavy (non-hydrogen) atoms. The van der Waals surface area contributed by atoms with E-state index in [-0.39, 0.29) is 18.4 Å². The third-order valence-electron chi connectivity index (χ3n) is 3.24. The quantitative estimate of drug-likeness (QED) is 0.911. The summed E-state index contributed by atoms with van der Waals surface area (Å²) in [4.78, 5) is 16.6. The topological polar surface area (TPSA) is 68.0 Å². The van der Waals surface area contributed by atoms with Crippen molar-refractivity contribution in [2.45, 2.75) is 40.2 Å². The van der Waals surface area contributed by atoms with E-state index in [0.717, 1.165) is 27.5 Å². The Balaban J connectivity index is 2.08. The molecule has 0 aliphatic rings. The Morgan fingerprint density at radius 1 is 1.33 bits per heavy atom. The second-order valence-electron chi connectivity index (χ2n) is 5.46. The smallest absolute Gasteiger partial charge is 0.230 e. The predicted octanol–water partition coefficient (Wildman–Crippen LogP) is 3.27. The number of rotatable bonds is 4. The molecular weight excluding hydrogens is 282 g/mol. The van der Waals surface area contributed by atoms with E-state index in [1.165, 1.54) is 16.9 Å². The molecule has 3 N–H and O–H groups in total. The molecule has 0 spiro atoms. The SMILES string of the molecule is Cc1cc(C)c(NC(=O)Cc2csc(C(C)N)n2)c(C)c1. The number of aryl methyl sites for hydroxylation is 3. The molecule has 2 rings (SSSR count). The number of nitrogens with zero attached hydrogens (tertiary/aromatic N) is 1. The molecule has 1 heterocycles. The van der Waals surface area contributed by atoms with Crippen LogP contribution in [0.3, 0.4) is 0 Å². The number of amides is 1. The molecule has 1 aromatic heterocycles. The number of carbonyl (C=O) groups is 1. The summed E-state index contributed by atoms with van der Waals surface area (Å²) in [5.74, 6) is -0.0495. The van der Waals surface area contributed by atoms with E-state index in [0.29, 0.717) is 0 Å². The van der Waals surface area contributed by atoms with Gasteiger partial charge in [-0.25, -0.2) is 4.98 Å². The van der Waals surface area contributed by atoms with Crippen LogP contribution < -0.4 is 11.1 Å². The Kier molecular flexibility index (Phi) is 4.75. The lowest BCUT2D eigenvalue weighted by Gasteiger charge is -2.12. The fraction of sp³-hybridized carbons (Fsp3) is 0.375. The van der Waals surface area contributed by atoms with E-state index in [9.17, 15) is 4.79 Å². The van der Waals surface area contributed by atoms with Gasteiger partial charge in [-0.2, -0.15) is 0 Å². The second kappa shape index (κ2) is 6.37. The van der Waals surface area contributed by atoms with E-state index < -0.39 is 0 Å². The molecule has 0 aliphatic heterocycles. The fourth-order valence-electron chi connectivity index (χ4n) is 2.34. The highest BCUT2D eigenvalue weighted by atomic mass is 32.1. The summed E-state index contributed by atoms with van der Waals surface area (Å²) in [5, 5.41) is 5.74. The second-order valence-corrected chi connectivity index (χ2v) is 6.35. The molecule has 0 aliphatic carbocycles. The Morgan fingerprint density at radius 2 is 1.95 bits per heavy atom. The number of thiazole rings is 1. The van der Waals surface area contributed by atoms with E-state index in [1.54, 1.807) is 0 Å². The molecule has 0 radical (unpaired) electrons. The van der Waals surface area contributed by atoms with Gasteiger partial charge in [0.15, 0.2) is 0 Å². The number of anilines is 1. The highest BCUT2D eigenvalue weighted by Gasteiger charge is 2.12. The van der Waals surface area contributed by atoms with Crippen LogP contribution in [-0.4, -0.2) is 10.9 Å². The lowest BCUT2D eigenvalue weighted by molar-refractivity contribution is -0.115. The maximum Gasteiger partial charge on any atom is 0.230 e. The summed E-state index contributed by atoms with van der Waals surface area (Å²) < 4.78 is 0. The van der Waals surface area contributed by atoms with Crippen molar-refractivity contribution in [1.82, 2.24) is 4.98 Å². The molecule has 1 amide bonds. The summed E-state index contributed by atoms with van der Waals surface area (Å²) in [6.07, 6.45) is 0.274. The van der Waals surface area contributed by atoms with Crippen LogP contribution in [0, 0.1) is 20.8 Å². The lowest BCUT2D eigenvalue weighted by Crippen LogP contribution is -2.16. The van der Waals surface area contributed by atoms with Crippen molar-refractivity contribution in [3.8, 4) is 0 Å². The van der Waals surface area contributed by atoms with Gasteiger partial charge in [-0.05, 0) is 38.8 Å². The summed E-state index contributed by atoms with van der Waals surface area (Å²) in [6, 6.07) is 4.05. The Hall–Kier alpha value is -1.72. The first-order chi connectivity index (χ1) is 9.86. The minimum absolute atomic E-state index is 0.0495. The number of carbonyl (C=O) groups excluding carboxylic acids is 1. The van der Waals surface area contributed by atoms with Crippen LogP contribution in [0.15, 0.2) is 17.5 Å². The largest absolute Gasteiger partial charge is 0.325 e. The fourth-order valence-corrected chi connectivity index (χ4v) is 3.12. The number of nitrogens with two attached hydrogens (primary N) is 1. The van der Waals surface area contributed by atoms with Gasteiger partial charge in [0.05, 0.1) is 18.2 Å². The van der Waals surface area contributed by atoms with Gasteiger partial charge in [-0.15, -0.1) is 11.3 Å². The van der Waals surface area contributed by atoms with Gasteiger partial charge in [-0.3, -0.25) is 4.79 Å². The molecule has 112 valence electrons. The van der Waals surface area contributed by atoms with Crippen LogP contribution >= 0.6 is 11.3 Å². The van der Waals surface area contributed by atoms with Gasteiger partial charge in [-0.1, -0.05) is 17.7 Å². The molecule has 1 atom stereocenters. The van der Waals surface area contributed by atoms with E-state index in [4.69, 9.17) is 5.73 Å². The standard InChI is InChI=1S/C16H21N3OS/c1-9-5-10(2)15(11(3)6-9)19-14(20)7-13-8-21-16(18-13)12(4)17/h5-6,8,12H,7,17H2,1-4H3,(H,19,20). The highest BCUT2D eigenvalue weighted by molar-refractivity contribution is 7.09. The van der Waals surface area contributed by atoms with Crippen molar-refractivity contribution >= 4 is 22.9 Å². The Labute approximate surface area is 129 Å². The van der Waals surface area contributed by atoms with Crippen molar-refractivity contribution in [2.24, 2.45) is 5.73 Å². The van der Waals surface area contributed by atoms with Crippen LogP contribution in [0.5, 0.6) is 0 Å². The van der Waals surface area contributed by atoms with Crippen molar-refractivity contribution in [3.63, 3.8) is 0 Å². The molecule has 1 unspecified atom stereocenters. The molecule has 2 aromatic rings. The van der Waals surface area contributed by atoms with E-state index in [1.807, 2.05) is 26.2 Å². The molecule has 4 nitrogen and oxygen atoms in total. The van der Waals surface area contributed by atoms with Crippen molar-refractivity contribution < 1.29 is 4.79 Å². The molecule has 0 bridgehead atoms. The van der Waals surface area contributed by atoms with Crippen molar-refractivity contribution in [2.75, 3.05) is 5.32 Å². The molecule has 0 saturated carbocycles. The van der Waals surface area contributed by atoms with Crippen molar-refractivity contribution in [1.29, 1.82) is 0 Å². The zero-order chi connectivity index (χ0) is 15.6. The summed E-state index contributed by atoms with van der Waals surface area (Å²) >= 11 is 1.50. The summed E-state index contributed by atoms with van der Waals surface area (Å²) in [6.45, 7) is 7.96. The number of benzene rings is 1. The first-order valence-corrected chi connectivity index (χ1v) is 7.82. The number of hydrogen-bond acceptors (Lipinski definition) is 4. The van der Waals surface area contributed by atoms with Crippen LogP contribution in [-0.2, 0) is 11.2 Å². The van der Waals surface area contributed by atoms with Gasteiger partial charge in [0, 0.05) is 11.1 Å². The zero-order valence-corrected chi connectivity index (χ0v) is 13.7. The minimum Gasteiger partial charge on any atom is -0.325 e. The molecule has 0 saturated heterocycles. The van der Waals surface area contributed by atoms with Crippen LogP contribution in [0.4, 0.5) is 5.69 Å². The maximum atomic E-state index is 12.2. The van der Waals surface area contributed by atoms with Gasteiger partial charge in [0.25, 0.3) is 0 Å². The zero-order valence-electron chi connectivity index (χ0n) is 12.9. The molecule has 5 heteroatoms. The van der Waals surface area contributed by atoms with Crippen LogP contribution in [0.25, 0.3) is 0 Å². The highest BCUT2D eigenvalue weighted by Crippen LogP contribution is 2.22. The Bertz CT molecular complexity index is 638. The van der Waals surface area contributed by atoms with Crippen molar-refractivity contribution in [3.05, 3.63) is 44.9 Å². The van der Waals surface area contributed by atoms with Gasteiger partial charge in [0.1, 0.15) is 5.01 Å². The first-order valence-electron chi connectivity index (χ1n) is 6.94. The summed E-state index contributed by atoms with van der Waals surface area (Å²) in [7, 11) is 0. The average molecular weight is 303 g/mol. The number of aromatic nitrogens is 1. The van der Waals surface area contributed by atoms with E-state index in [2.05, 4.69) is 29.4 Å². The number of hydrogen-bond donors (Lipinski definition) is 2. The Morgan fingerprint density at radius 3 is 2.48 bits per heavy atom. The lowest BCUT2D eigenvalue weighted by atomic mass is 10.0. The van der Waals surface area contributed by atoms with Gasteiger partial charge in [0.2, 0.25) is 5.91 Å². The van der Waals surface area contributed by atoms with Gasteiger partial charge >= 0.3 is 0 Å². The first kappa shape index (κ1) is 15.7. The van der Waals surface area contributed by atoms with Crippen LogP contribution in [0.2, 0.25) is 0 Å². The summed E-state index contributed by atoms with van der Waals surface area (Å²) in [5.41, 5.74) is 10.8. The third-order valence-corrected chi connectivity index (χ3v) is 4.34.